The van der Waals surface area contributed by atoms with Crippen LogP contribution in [0.4, 0.5) is 32.0 Å². The third-order valence-corrected chi connectivity index (χ3v) is 8.73. The number of anilines is 1. The lowest BCUT2D eigenvalue weighted by Crippen LogP contribution is -2.47. The second-order valence-corrected chi connectivity index (χ2v) is 11.9. The van der Waals surface area contributed by atoms with Gasteiger partial charge in [-0.15, -0.1) is 0 Å². The molecule has 0 bridgehead atoms. The number of carbonyl (C=O) groups is 2. The molecule has 0 saturated carbocycles. The molecule has 2 unspecified atom stereocenters. The number of halogens is 7. The monoisotopic (exact) mass is 651 g/mol. The van der Waals surface area contributed by atoms with Gasteiger partial charge in [-0.3, -0.25) is 9.59 Å². The summed E-state index contributed by atoms with van der Waals surface area (Å²) >= 11 is 6.29. The van der Waals surface area contributed by atoms with Crippen LogP contribution in [0, 0.1) is 0 Å². The highest BCUT2D eigenvalue weighted by Gasteiger charge is 2.44. The van der Waals surface area contributed by atoms with Crippen LogP contribution in [0.1, 0.15) is 77.6 Å². The van der Waals surface area contributed by atoms with Crippen LogP contribution >= 0.6 is 11.6 Å². The number of piperidine rings is 1. The fraction of sp³-hybridized carbons (Fsp3) is 0.394. The summed E-state index contributed by atoms with van der Waals surface area (Å²) in [4.78, 5) is 31.0. The molecule has 1 aliphatic carbocycles. The maximum atomic E-state index is 14.3. The maximum Gasteiger partial charge on any atom is 0.416 e. The number of nitrogens with two attached hydrogens (primary N) is 1. The number of hydrogen-bond acceptors (Lipinski definition) is 4. The Bertz CT molecular complexity index is 1610. The van der Waals surface area contributed by atoms with Gasteiger partial charge >= 0.3 is 12.4 Å². The van der Waals surface area contributed by atoms with Gasteiger partial charge in [-0.25, -0.2) is 0 Å². The summed E-state index contributed by atoms with van der Waals surface area (Å²) in [5.74, 6) is -2.80. The van der Waals surface area contributed by atoms with Gasteiger partial charge in [-0.2, -0.15) is 26.3 Å². The number of carbonyl (C=O) groups excluding carboxylic acids is 2. The van der Waals surface area contributed by atoms with E-state index in [0.717, 1.165) is 23.5 Å². The molecule has 5 rings (SSSR count). The third kappa shape index (κ3) is 6.56. The van der Waals surface area contributed by atoms with Crippen molar-refractivity contribution in [2.24, 2.45) is 5.73 Å². The van der Waals surface area contributed by atoms with Crippen molar-refractivity contribution in [2.75, 3.05) is 24.5 Å². The molecule has 1 aliphatic heterocycles. The van der Waals surface area contributed by atoms with Crippen LogP contribution in [0.5, 0.6) is 0 Å². The molecular formula is C33H32ClF6N3O2. The molecular weight excluding hydrogens is 620 g/mol. The third-order valence-electron chi connectivity index (χ3n) is 8.40. The minimum absolute atomic E-state index is 0.0335. The van der Waals surface area contributed by atoms with E-state index in [4.69, 9.17) is 17.3 Å². The number of amides is 1. The number of unbranched alkanes of at least 4 members (excludes halogenated alkanes) is 1. The van der Waals surface area contributed by atoms with Crippen molar-refractivity contribution in [3.63, 3.8) is 0 Å². The Morgan fingerprint density at radius 2 is 1.71 bits per heavy atom. The summed E-state index contributed by atoms with van der Waals surface area (Å²) in [5.41, 5.74) is 7.27. The van der Waals surface area contributed by atoms with Crippen molar-refractivity contribution in [1.82, 2.24) is 4.90 Å². The average Bonchev–Trinajstić information content (AvgIpc) is 3.32. The molecule has 3 aromatic rings. The number of alkyl halides is 6. The van der Waals surface area contributed by atoms with Gasteiger partial charge in [-0.1, -0.05) is 55.3 Å². The zero-order chi connectivity index (χ0) is 32.7. The lowest BCUT2D eigenvalue weighted by Gasteiger charge is -2.38. The Kier molecular flexibility index (Phi) is 9.24. The molecule has 3 aromatic carbocycles. The fourth-order valence-electron chi connectivity index (χ4n) is 6.30. The maximum absolute atomic E-state index is 14.3. The second kappa shape index (κ2) is 12.7. The van der Waals surface area contributed by atoms with Crippen LogP contribution < -0.4 is 10.6 Å². The summed E-state index contributed by atoms with van der Waals surface area (Å²) in [5, 5.41) is -0.200. The lowest BCUT2D eigenvalue weighted by atomic mass is 9.88. The Morgan fingerprint density at radius 1 is 0.978 bits per heavy atom. The quantitative estimate of drug-likeness (QED) is 0.197. The minimum atomic E-state index is -4.74. The van der Waals surface area contributed by atoms with Crippen LogP contribution in [0.15, 0.2) is 54.6 Å². The molecule has 2 N–H and O–H groups in total. The van der Waals surface area contributed by atoms with E-state index in [1.54, 1.807) is 35.2 Å². The fourth-order valence-corrected chi connectivity index (χ4v) is 6.51. The van der Waals surface area contributed by atoms with Crippen molar-refractivity contribution < 1.29 is 35.9 Å². The molecule has 0 radical (unpaired) electrons. The van der Waals surface area contributed by atoms with Gasteiger partial charge in [-0.05, 0) is 66.6 Å². The van der Waals surface area contributed by atoms with E-state index in [9.17, 15) is 35.9 Å². The Labute approximate surface area is 261 Å². The summed E-state index contributed by atoms with van der Waals surface area (Å²) in [7, 11) is 0. The molecule has 45 heavy (non-hydrogen) atoms. The zero-order valence-corrected chi connectivity index (χ0v) is 25.2. The highest BCUT2D eigenvalue weighted by Crippen LogP contribution is 2.52. The van der Waals surface area contributed by atoms with Crippen molar-refractivity contribution in [1.29, 1.82) is 0 Å². The molecule has 0 spiro atoms. The predicted molar refractivity (Wildman–Crippen MR) is 160 cm³/mol. The van der Waals surface area contributed by atoms with Crippen LogP contribution in [-0.2, 0) is 11.0 Å². The van der Waals surface area contributed by atoms with Crippen molar-refractivity contribution in [2.45, 2.75) is 63.5 Å². The molecule has 1 amide bonds. The van der Waals surface area contributed by atoms with E-state index in [0.29, 0.717) is 60.5 Å². The van der Waals surface area contributed by atoms with E-state index in [1.165, 1.54) is 6.07 Å². The van der Waals surface area contributed by atoms with Gasteiger partial charge in [0.05, 0.1) is 28.4 Å². The highest BCUT2D eigenvalue weighted by molar-refractivity contribution is 6.35. The molecule has 1 saturated heterocycles. The zero-order valence-electron chi connectivity index (χ0n) is 24.4. The molecule has 240 valence electrons. The summed E-state index contributed by atoms with van der Waals surface area (Å²) in [6.45, 7) is 0.605. The largest absolute Gasteiger partial charge is 0.416 e. The molecule has 1 heterocycles. The van der Waals surface area contributed by atoms with Gasteiger partial charge in [0.2, 0.25) is 5.91 Å². The van der Waals surface area contributed by atoms with Crippen LogP contribution in [-0.4, -0.2) is 48.6 Å². The Balaban J connectivity index is 1.75. The number of rotatable bonds is 8. The number of hydrogen-bond donors (Lipinski definition) is 1. The van der Waals surface area contributed by atoms with E-state index in [-0.39, 0.29) is 22.8 Å². The van der Waals surface area contributed by atoms with E-state index >= 15 is 0 Å². The van der Waals surface area contributed by atoms with Crippen LogP contribution in [0.3, 0.4) is 0 Å². The standard InChI is InChI=1S/C33H32ClF6N3O2/c1-2-3-15-42(18-32(35,36)37)31(45)28-21-9-5-4-8-20(21)22-12-13-23(29(27(22)28)43-16-7-6-10-26(43)41)30(44)24-17-19(33(38,39)40)11-14-25(24)34/h4-5,8-9,11-14,17,26,28H,2-3,6-7,10,15-16,18,41H2,1H3. The van der Waals surface area contributed by atoms with Crippen molar-refractivity contribution >= 4 is 29.0 Å². The lowest BCUT2D eigenvalue weighted by molar-refractivity contribution is -0.161. The average molecular weight is 652 g/mol. The topological polar surface area (TPSA) is 66.6 Å². The summed E-state index contributed by atoms with van der Waals surface area (Å²) in [6.07, 6.45) is -7.10. The first-order valence-corrected chi connectivity index (χ1v) is 15.2. The number of nitrogens with zero attached hydrogens (tertiary/aromatic N) is 2. The number of ketones is 1. The van der Waals surface area contributed by atoms with Crippen LogP contribution in [0.2, 0.25) is 5.02 Å². The predicted octanol–water partition coefficient (Wildman–Crippen LogP) is 8.17. The molecule has 5 nitrogen and oxygen atoms in total. The first-order chi connectivity index (χ1) is 21.2. The van der Waals surface area contributed by atoms with E-state index < -0.39 is 53.8 Å². The SMILES string of the molecule is CCCCN(CC(F)(F)F)C(=O)C1c2ccccc2-c2ccc(C(=O)c3cc(C(F)(F)F)ccc3Cl)c(N3CCCCC3N)c21. The first kappa shape index (κ1) is 32.8. The van der Waals surface area contributed by atoms with Gasteiger partial charge in [0.25, 0.3) is 0 Å². The van der Waals surface area contributed by atoms with E-state index in [1.807, 2.05) is 6.92 Å². The molecule has 1 fully saturated rings. The molecule has 0 aromatic heterocycles. The Hall–Kier alpha value is -3.57. The van der Waals surface area contributed by atoms with Crippen molar-refractivity contribution in [3.05, 3.63) is 87.4 Å². The van der Waals surface area contributed by atoms with Gasteiger partial charge < -0.3 is 15.5 Å². The van der Waals surface area contributed by atoms with Gasteiger partial charge in [0, 0.05) is 29.8 Å². The molecule has 12 heteroatoms. The highest BCUT2D eigenvalue weighted by atomic mass is 35.5. The number of benzene rings is 3. The van der Waals surface area contributed by atoms with Crippen LogP contribution in [0.25, 0.3) is 11.1 Å². The summed E-state index contributed by atoms with van der Waals surface area (Å²) < 4.78 is 82.2. The first-order valence-electron chi connectivity index (χ1n) is 14.8. The normalized spacial score (nSPS) is 18.0. The van der Waals surface area contributed by atoms with Gasteiger partial charge in [0.1, 0.15) is 6.54 Å². The summed E-state index contributed by atoms with van der Waals surface area (Å²) in [6, 6.07) is 12.4. The smallest absolute Gasteiger partial charge is 0.355 e. The second-order valence-electron chi connectivity index (χ2n) is 11.4. The van der Waals surface area contributed by atoms with Gasteiger partial charge in [0.15, 0.2) is 5.78 Å². The van der Waals surface area contributed by atoms with Crippen molar-refractivity contribution in [3.8, 4) is 11.1 Å². The Morgan fingerprint density at radius 3 is 2.38 bits per heavy atom. The molecule has 2 atom stereocenters. The minimum Gasteiger partial charge on any atom is -0.355 e. The number of fused-ring (bicyclic) bond motifs is 3. The molecule has 2 aliphatic rings. The van der Waals surface area contributed by atoms with E-state index in [2.05, 4.69) is 0 Å².